The molecule has 0 aliphatic heterocycles. The van der Waals surface area contributed by atoms with Crippen LogP contribution in [0, 0.1) is 0 Å². The molecular formula is C75H132O6. The summed E-state index contributed by atoms with van der Waals surface area (Å²) in [5, 5.41) is 0. The Morgan fingerprint density at radius 2 is 0.481 bits per heavy atom. The van der Waals surface area contributed by atoms with Gasteiger partial charge < -0.3 is 14.2 Å². The molecule has 0 radical (unpaired) electrons. The fourth-order valence-corrected chi connectivity index (χ4v) is 10.1. The van der Waals surface area contributed by atoms with Crippen molar-refractivity contribution in [3.63, 3.8) is 0 Å². The zero-order valence-electron chi connectivity index (χ0n) is 53.8. The third kappa shape index (κ3) is 67.3. The second-order valence-corrected chi connectivity index (χ2v) is 23.4. The van der Waals surface area contributed by atoms with Crippen LogP contribution in [-0.4, -0.2) is 37.2 Å². The molecule has 468 valence electrons. The van der Waals surface area contributed by atoms with Gasteiger partial charge in [-0.2, -0.15) is 0 Å². The highest BCUT2D eigenvalue weighted by Crippen LogP contribution is 2.17. The molecule has 0 N–H and O–H groups in total. The Morgan fingerprint density at radius 1 is 0.259 bits per heavy atom. The highest BCUT2D eigenvalue weighted by atomic mass is 16.6. The highest BCUT2D eigenvalue weighted by Gasteiger charge is 2.19. The SMILES string of the molecule is CC/C=C\C/C=C\C/C=C\C/C=C\C/C=C\CCCCCCCCCCCCCCCCCC(=O)OCC(COC(=O)CCCCCCC/C=C\CCCCCCCCC)OC(=O)CCCCCCC/C=C\CCCCCCCCC. The quantitative estimate of drug-likeness (QED) is 0.0261. The van der Waals surface area contributed by atoms with E-state index in [-0.39, 0.29) is 31.1 Å². The second kappa shape index (κ2) is 69.1. The average molecular weight is 1130 g/mol. The number of allylic oxidation sites excluding steroid dienone is 14. The van der Waals surface area contributed by atoms with Crippen molar-refractivity contribution in [3.8, 4) is 0 Å². The smallest absolute Gasteiger partial charge is 0.306 e. The van der Waals surface area contributed by atoms with Gasteiger partial charge in [-0.15, -0.1) is 0 Å². The lowest BCUT2D eigenvalue weighted by atomic mass is 10.0. The van der Waals surface area contributed by atoms with E-state index in [4.69, 9.17) is 14.2 Å². The molecule has 81 heavy (non-hydrogen) atoms. The summed E-state index contributed by atoms with van der Waals surface area (Å²) in [6.07, 6.45) is 91.8. The molecule has 1 atom stereocenters. The van der Waals surface area contributed by atoms with Crippen molar-refractivity contribution >= 4 is 17.9 Å². The number of esters is 3. The molecule has 0 heterocycles. The molecule has 0 fully saturated rings. The lowest BCUT2D eigenvalue weighted by molar-refractivity contribution is -0.167. The summed E-state index contributed by atoms with van der Waals surface area (Å²) in [4.78, 5) is 38.4. The van der Waals surface area contributed by atoms with Gasteiger partial charge in [-0.3, -0.25) is 14.4 Å². The first-order chi connectivity index (χ1) is 40.0. The van der Waals surface area contributed by atoms with Gasteiger partial charge in [0.05, 0.1) is 0 Å². The molecule has 0 aromatic heterocycles. The Morgan fingerprint density at radius 3 is 0.765 bits per heavy atom. The molecule has 0 rings (SSSR count). The van der Waals surface area contributed by atoms with Crippen LogP contribution in [-0.2, 0) is 28.6 Å². The van der Waals surface area contributed by atoms with E-state index < -0.39 is 6.10 Å². The number of carbonyl (C=O) groups excluding carboxylic acids is 3. The zero-order chi connectivity index (χ0) is 58.5. The summed E-state index contributed by atoms with van der Waals surface area (Å²) >= 11 is 0. The van der Waals surface area contributed by atoms with E-state index in [1.807, 2.05) is 0 Å². The van der Waals surface area contributed by atoms with Gasteiger partial charge in [0.25, 0.3) is 0 Å². The molecule has 0 aromatic carbocycles. The Hall–Kier alpha value is -3.41. The van der Waals surface area contributed by atoms with Crippen LogP contribution in [0.3, 0.4) is 0 Å². The Bertz CT molecular complexity index is 1530. The maximum atomic E-state index is 12.9. The van der Waals surface area contributed by atoms with E-state index in [1.165, 1.54) is 205 Å². The van der Waals surface area contributed by atoms with Gasteiger partial charge in [0.1, 0.15) is 13.2 Å². The molecule has 6 heteroatoms. The third-order valence-electron chi connectivity index (χ3n) is 15.4. The maximum absolute atomic E-state index is 12.9. The van der Waals surface area contributed by atoms with E-state index in [0.717, 1.165) is 109 Å². The van der Waals surface area contributed by atoms with Crippen molar-refractivity contribution in [2.75, 3.05) is 13.2 Å². The summed E-state index contributed by atoms with van der Waals surface area (Å²) in [6, 6.07) is 0. The van der Waals surface area contributed by atoms with Gasteiger partial charge >= 0.3 is 17.9 Å². The van der Waals surface area contributed by atoms with Crippen molar-refractivity contribution in [1.82, 2.24) is 0 Å². The number of rotatable bonds is 64. The number of hydrogen-bond donors (Lipinski definition) is 0. The first kappa shape index (κ1) is 77.6. The van der Waals surface area contributed by atoms with Gasteiger partial charge in [0.2, 0.25) is 0 Å². The van der Waals surface area contributed by atoms with Crippen LogP contribution >= 0.6 is 0 Å². The Kier molecular flexibility index (Phi) is 66.2. The van der Waals surface area contributed by atoms with Crippen LogP contribution in [0.2, 0.25) is 0 Å². The van der Waals surface area contributed by atoms with Gasteiger partial charge in [-0.05, 0) is 116 Å². The van der Waals surface area contributed by atoms with Gasteiger partial charge in [0.15, 0.2) is 6.10 Å². The number of carbonyl (C=O) groups is 3. The molecular weight excluding hydrogens is 997 g/mol. The summed E-state index contributed by atoms with van der Waals surface area (Å²) in [5.41, 5.74) is 0. The lowest BCUT2D eigenvalue weighted by Crippen LogP contribution is -2.30. The molecule has 0 bridgehead atoms. The summed E-state index contributed by atoms with van der Waals surface area (Å²) in [7, 11) is 0. The monoisotopic (exact) mass is 1130 g/mol. The van der Waals surface area contributed by atoms with Crippen LogP contribution in [0.4, 0.5) is 0 Å². The van der Waals surface area contributed by atoms with Crippen LogP contribution in [0.5, 0.6) is 0 Å². The van der Waals surface area contributed by atoms with Crippen LogP contribution in [0.25, 0.3) is 0 Å². The number of ether oxygens (including phenoxy) is 3. The molecule has 0 saturated heterocycles. The summed E-state index contributed by atoms with van der Waals surface area (Å²) in [5.74, 6) is -0.878. The fourth-order valence-electron chi connectivity index (χ4n) is 10.1. The lowest BCUT2D eigenvalue weighted by Gasteiger charge is -2.18. The van der Waals surface area contributed by atoms with Crippen molar-refractivity contribution in [1.29, 1.82) is 0 Å². The average Bonchev–Trinajstić information content (AvgIpc) is 3.47. The van der Waals surface area contributed by atoms with E-state index >= 15 is 0 Å². The second-order valence-electron chi connectivity index (χ2n) is 23.4. The zero-order valence-corrected chi connectivity index (χ0v) is 53.8. The molecule has 0 saturated carbocycles. The van der Waals surface area contributed by atoms with E-state index in [9.17, 15) is 14.4 Å². The Labute approximate surface area is 503 Å². The topological polar surface area (TPSA) is 78.9 Å². The minimum Gasteiger partial charge on any atom is -0.462 e. The minimum atomic E-state index is -0.784. The number of unbranched alkanes of at least 4 members (excludes halogenated alkanes) is 39. The van der Waals surface area contributed by atoms with E-state index in [0.29, 0.717) is 19.3 Å². The van der Waals surface area contributed by atoms with Crippen molar-refractivity contribution < 1.29 is 28.6 Å². The van der Waals surface area contributed by atoms with Crippen LogP contribution in [0.1, 0.15) is 355 Å². The first-order valence-corrected chi connectivity index (χ1v) is 35.1. The normalized spacial score (nSPS) is 12.6. The standard InChI is InChI=1S/C75H132O6/c1-4-7-10-13-16-19-22-25-28-31-32-33-34-35-36-37-38-39-40-41-42-43-44-45-48-50-53-56-59-62-65-68-74(77)80-71-72(81-75(78)69-66-63-60-57-54-51-47-30-27-24-21-18-15-12-9-6-3)70-79-73(76)67-64-61-58-55-52-49-46-29-26-23-20-17-14-11-8-5-2/h7,10,16,19,25,28-30,32-33,35-36,46-47,72H,4-6,8-9,11-15,17-18,20-24,26-27,31,34,37-45,48-71H2,1-3H3/b10-7-,19-16-,28-25-,33-32-,36-35-,46-29-,47-30-. The summed E-state index contributed by atoms with van der Waals surface area (Å²) in [6.45, 7) is 6.55. The maximum Gasteiger partial charge on any atom is 0.306 e. The van der Waals surface area contributed by atoms with E-state index in [2.05, 4.69) is 106 Å². The predicted octanol–water partition coefficient (Wildman–Crippen LogP) is 24.2. The molecule has 0 spiro atoms. The highest BCUT2D eigenvalue weighted by molar-refractivity contribution is 5.71. The molecule has 0 amide bonds. The van der Waals surface area contributed by atoms with Gasteiger partial charge in [-0.1, -0.05) is 305 Å². The fraction of sp³-hybridized carbons (Fsp3) is 0.773. The van der Waals surface area contributed by atoms with Gasteiger partial charge in [-0.25, -0.2) is 0 Å². The largest absolute Gasteiger partial charge is 0.462 e. The Balaban J connectivity index is 4.24. The first-order valence-electron chi connectivity index (χ1n) is 35.1. The van der Waals surface area contributed by atoms with Crippen LogP contribution < -0.4 is 0 Å². The molecule has 6 nitrogen and oxygen atoms in total. The third-order valence-corrected chi connectivity index (χ3v) is 15.4. The number of hydrogen-bond acceptors (Lipinski definition) is 6. The van der Waals surface area contributed by atoms with Crippen LogP contribution in [0.15, 0.2) is 85.1 Å². The van der Waals surface area contributed by atoms with Crippen molar-refractivity contribution in [2.45, 2.75) is 361 Å². The minimum absolute atomic E-state index is 0.0791. The van der Waals surface area contributed by atoms with Crippen molar-refractivity contribution in [3.05, 3.63) is 85.1 Å². The molecule has 0 aliphatic rings. The molecule has 0 aromatic rings. The van der Waals surface area contributed by atoms with E-state index in [1.54, 1.807) is 0 Å². The molecule has 0 aliphatic carbocycles. The van der Waals surface area contributed by atoms with Gasteiger partial charge in [0, 0.05) is 19.3 Å². The molecule has 1 unspecified atom stereocenters. The predicted molar refractivity (Wildman–Crippen MR) is 353 cm³/mol. The summed E-state index contributed by atoms with van der Waals surface area (Å²) < 4.78 is 17.0. The van der Waals surface area contributed by atoms with Crippen molar-refractivity contribution in [2.24, 2.45) is 0 Å².